The minimum atomic E-state index is -0.876. The van der Waals surface area contributed by atoms with Crippen molar-refractivity contribution in [3.63, 3.8) is 0 Å². The molecule has 1 aromatic heterocycles. The van der Waals surface area contributed by atoms with Gasteiger partial charge < -0.3 is 25.1 Å². The second-order valence-electron chi connectivity index (χ2n) is 7.32. The van der Waals surface area contributed by atoms with E-state index in [0.717, 1.165) is 25.1 Å². The highest BCUT2D eigenvalue weighted by atomic mass is 127. The van der Waals surface area contributed by atoms with Crippen molar-refractivity contribution in [3.05, 3.63) is 60.1 Å². The molecule has 2 rings (SSSR count). The second-order valence-corrected chi connectivity index (χ2v) is 7.32. The van der Waals surface area contributed by atoms with Gasteiger partial charge in [-0.3, -0.25) is 4.99 Å². The number of guanidine groups is 1. The largest absolute Gasteiger partial charge is 0.469 e. The molecule has 0 aliphatic heterocycles. The van der Waals surface area contributed by atoms with E-state index >= 15 is 0 Å². The Labute approximate surface area is 185 Å². The van der Waals surface area contributed by atoms with Crippen LogP contribution >= 0.6 is 24.0 Å². The number of furan rings is 1. The van der Waals surface area contributed by atoms with E-state index in [2.05, 4.69) is 27.8 Å². The minimum Gasteiger partial charge on any atom is -0.469 e. The van der Waals surface area contributed by atoms with Crippen LogP contribution in [-0.2, 0) is 12.8 Å². The molecule has 156 valence electrons. The zero-order chi connectivity index (χ0) is 19.5. The van der Waals surface area contributed by atoms with Gasteiger partial charge in [0.2, 0.25) is 0 Å². The lowest BCUT2D eigenvalue weighted by Gasteiger charge is -2.25. The van der Waals surface area contributed by atoms with Crippen molar-refractivity contribution in [2.45, 2.75) is 25.4 Å². The fourth-order valence-electron chi connectivity index (χ4n) is 2.88. The SMILES string of the molecule is CN(C)CC(C)(O)CN=C(NCCc1ccccc1)NCCc1ccco1.I. The monoisotopic (exact) mass is 500 g/mol. The van der Waals surface area contributed by atoms with Gasteiger partial charge in [-0.25, -0.2) is 0 Å². The molecule has 0 aliphatic carbocycles. The number of likely N-dealkylation sites (N-methyl/N-ethyl adjacent to an activating group) is 1. The number of hydrogen-bond donors (Lipinski definition) is 3. The van der Waals surface area contributed by atoms with Crippen LogP contribution in [0.1, 0.15) is 18.2 Å². The average Bonchev–Trinajstić information content (AvgIpc) is 3.12. The number of nitrogens with one attached hydrogen (secondary N) is 2. The summed E-state index contributed by atoms with van der Waals surface area (Å²) in [4.78, 5) is 6.55. The Kier molecular flexibility index (Phi) is 11.2. The minimum absolute atomic E-state index is 0. The molecule has 0 bridgehead atoms. The zero-order valence-corrected chi connectivity index (χ0v) is 19.3. The molecule has 0 spiro atoms. The van der Waals surface area contributed by atoms with Gasteiger partial charge in [0.25, 0.3) is 0 Å². The first kappa shape index (κ1) is 24.5. The molecule has 28 heavy (non-hydrogen) atoms. The maximum atomic E-state index is 10.5. The van der Waals surface area contributed by atoms with E-state index < -0.39 is 5.60 Å². The van der Waals surface area contributed by atoms with Crippen LogP contribution in [0.2, 0.25) is 0 Å². The fourth-order valence-corrected chi connectivity index (χ4v) is 2.88. The van der Waals surface area contributed by atoms with Gasteiger partial charge in [0.05, 0.1) is 18.4 Å². The highest BCUT2D eigenvalue weighted by Crippen LogP contribution is 2.05. The van der Waals surface area contributed by atoms with Gasteiger partial charge in [0.15, 0.2) is 5.96 Å². The molecule has 7 heteroatoms. The molecule has 0 saturated heterocycles. The molecule has 0 amide bonds. The van der Waals surface area contributed by atoms with Crippen LogP contribution in [0.3, 0.4) is 0 Å². The quantitative estimate of drug-likeness (QED) is 0.266. The van der Waals surface area contributed by atoms with Gasteiger partial charge in [0.1, 0.15) is 5.76 Å². The maximum Gasteiger partial charge on any atom is 0.191 e. The highest BCUT2D eigenvalue weighted by molar-refractivity contribution is 14.0. The van der Waals surface area contributed by atoms with Gasteiger partial charge in [0, 0.05) is 26.1 Å². The lowest BCUT2D eigenvalue weighted by molar-refractivity contribution is 0.0423. The fraction of sp³-hybridized carbons (Fsp3) is 0.476. The number of aliphatic hydroxyl groups is 1. The van der Waals surface area contributed by atoms with Crippen molar-refractivity contribution in [1.82, 2.24) is 15.5 Å². The van der Waals surface area contributed by atoms with E-state index in [4.69, 9.17) is 4.42 Å². The Balaban J connectivity index is 0.00000392. The molecular formula is C21H33IN4O2. The number of aliphatic imine (C=N–C) groups is 1. The molecule has 1 aromatic carbocycles. The summed E-state index contributed by atoms with van der Waals surface area (Å²) in [6.45, 7) is 4.17. The van der Waals surface area contributed by atoms with Crippen LogP contribution in [-0.4, -0.2) is 61.8 Å². The standard InChI is InChI=1S/C21H32N4O2.HI/c1-21(26,17-25(2)3)16-24-20(23-14-12-19-10-7-15-27-19)22-13-11-18-8-5-4-6-9-18;/h4-10,15,26H,11-14,16-17H2,1-3H3,(H2,22,23,24);1H. The lowest BCUT2D eigenvalue weighted by Crippen LogP contribution is -2.43. The second kappa shape index (κ2) is 12.8. The van der Waals surface area contributed by atoms with Crippen LogP contribution in [0.25, 0.3) is 0 Å². The first-order valence-electron chi connectivity index (χ1n) is 9.40. The molecule has 6 nitrogen and oxygen atoms in total. The highest BCUT2D eigenvalue weighted by Gasteiger charge is 2.21. The summed E-state index contributed by atoms with van der Waals surface area (Å²) in [5.74, 6) is 1.64. The van der Waals surface area contributed by atoms with E-state index in [9.17, 15) is 5.11 Å². The summed E-state index contributed by atoms with van der Waals surface area (Å²) in [6.07, 6.45) is 3.37. The van der Waals surface area contributed by atoms with E-state index in [1.807, 2.05) is 49.3 Å². The molecule has 0 saturated carbocycles. The summed E-state index contributed by atoms with van der Waals surface area (Å²) in [6, 6.07) is 14.2. The van der Waals surface area contributed by atoms with Crippen molar-refractivity contribution in [2.24, 2.45) is 4.99 Å². The maximum absolute atomic E-state index is 10.5. The van der Waals surface area contributed by atoms with E-state index in [1.165, 1.54) is 5.56 Å². The molecule has 0 aliphatic rings. The number of nitrogens with zero attached hydrogens (tertiary/aromatic N) is 2. The lowest BCUT2D eigenvalue weighted by atomic mass is 10.1. The Hall–Kier alpha value is -1.58. The van der Waals surface area contributed by atoms with Crippen molar-refractivity contribution in [1.29, 1.82) is 0 Å². The molecule has 1 heterocycles. The summed E-state index contributed by atoms with van der Waals surface area (Å²) < 4.78 is 5.37. The number of benzene rings is 1. The van der Waals surface area contributed by atoms with Gasteiger partial charge in [-0.15, -0.1) is 24.0 Å². The third kappa shape index (κ3) is 10.1. The predicted octanol–water partition coefficient (Wildman–Crippen LogP) is 2.53. The van der Waals surface area contributed by atoms with Gasteiger partial charge >= 0.3 is 0 Å². The van der Waals surface area contributed by atoms with Gasteiger partial charge in [-0.2, -0.15) is 0 Å². The first-order chi connectivity index (χ1) is 12.9. The van der Waals surface area contributed by atoms with Crippen molar-refractivity contribution in [3.8, 4) is 0 Å². The summed E-state index contributed by atoms with van der Waals surface area (Å²) in [5, 5.41) is 17.2. The third-order valence-corrected chi connectivity index (χ3v) is 4.03. The zero-order valence-electron chi connectivity index (χ0n) is 17.0. The van der Waals surface area contributed by atoms with E-state index in [0.29, 0.717) is 25.6 Å². The van der Waals surface area contributed by atoms with Crippen LogP contribution in [0.15, 0.2) is 58.1 Å². The molecule has 3 N–H and O–H groups in total. The topological polar surface area (TPSA) is 73.0 Å². The molecule has 0 fully saturated rings. The Morgan fingerprint density at radius 3 is 2.36 bits per heavy atom. The van der Waals surface area contributed by atoms with Crippen LogP contribution in [0.5, 0.6) is 0 Å². The number of rotatable bonds is 10. The molecule has 0 radical (unpaired) electrons. The summed E-state index contributed by atoms with van der Waals surface area (Å²) >= 11 is 0. The number of hydrogen-bond acceptors (Lipinski definition) is 4. The molecule has 2 aromatic rings. The average molecular weight is 500 g/mol. The first-order valence-corrected chi connectivity index (χ1v) is 9.40. The van der Waals surface area contributed by atoms with Crippen LogP contribution in [0, 0.1) is 0 Å². The van der Waals surface area contributed by atoms with Gasteiger partial charge in [-0.05, 0) is 45.1 Å². The normalized spacial score (nSPS) is 13.7. The van der Waals surface area contributed by atoms with Crippen molar-refractivity contribution >= 4 is 29.9 Å². The summed E-state index contributed by atoms with van der Waals surface area (Å²) in [5.41, 5.74) is 0.401. The van der Waals surface area contributed by atoms with Crippen molar-refractivity contribution < 1.29 is 9.52 Å². The van der Waals surface area contributed by atoms with Crippen LogP contribution in [0.4, 0.5) is 0 Å². The van der Waals surface area contributed by atoms with Gasteiger partial charge in [-0.1, -0.05) is 30.3 Å². The van der Waals surface area contributed by atoms with Crippen molar-refractivity contribution in [2.75, 3.05) is 40.3 Å². The van der Waals surface area contributed by atoms with E-state index in [-0.39, 0.29) is 24.0 Å². The summed E-state index contributed by atoms with van der Waals surface area (Å²) in [7, 11) is 3.89. The number of halogens is 1. The molecule has 1 atom stereocenters. The smallest absolute Gasteiger partial charge is 0.191 e. The molecule has 1 unspecified atom stereocenters. The Bertz CT molecular complexity index is 673. The van der Waals surface area contributed by atoms with E-state index in [1.54, 1.807) is 13.2 Å². The Morgan fingerprint density at radius 2 is 1.75 bits per heavy atom. The molecular weight excluding hydrogens is 467 g/mol. The van der Waals surface area contributed by atoms with Crippen LogP contribution < -0.4 is 10.6 Å². The Morgan fingerprint density at radius 1 is 1.07 bits per heavy atom. The predicted molar refractivity (Wildman–Crippen MR) is 125 cm³/mol. The third-order valence-electron chi connectivity index (χ3n) is 4.03.